The molecule has 4 rings (SSSR count). The summed E-state index contributed by atoms with van der Waals surface area (Å²) in [6, 6.07) is 11.5. The zero-order valence-electron chi connectivity index (χ0n) is 16.4. The summed E-state index contributed by atoms with van der Waals surface area (Å²) < 4.78 is 5.02. The second-order valence-corrected chi connectivity index (χ2v) is 7.61. The van der Waals surface area contributed by atoms with Crippen molar-refractivity contribution in [2.45, 2.75) is 27.1 Å². The van der Waals surface area contributed by atoms with E-state index in [1.165, 1.54) is 0 Å². The number of hydrogen-bond donors (Lipinski definition) is 1. The Balaban J connectivity index is 1.44. The highest BCUT2D eigenvalue weighted by atomic mass is 35.5. The van der Waals surface area contributed by atoms with E-state index in [0.29, 0.717) is 23.3 Å². The van der Waals surface area contributed by atoms with Crippen molar-refractivity contribution >= 4 is 34.9 Å². The maximum absolute atomic E-state index is 12.6. The zero-order chi connectivity index (χ0) is 21.3. The SMILES string of the molecule is Cc1nn(Cn2ccc(C(=O)Nc3nn(Cc4ccccc4)cc3Cl)n2)c(C)c1Cl. The number of amides is 1. The summed E-state index contributed by atoms with van der Waals surface area (Å²) in [6.45, 7) is 4.62. The fraction of sp³-hybridized carbons (Fsp3) is 0.200. The van der Waals surface area contributed by atoms with Gasteiger partial charge >= 0.3 is 0 Å². The molecular weight excluding hydrogens is 425 g/mol. The van der Waals surface area contributed by atoms with Gasteiger partial charge in [0.05, 0.1) is 23.0 Å². The molecule has 8 nitrogen and oxygen atoms in total. The molecule has 3 heterocycles. The predicted molar refractivity (Wildman–Crippen MR) is 115 cm³/mol. The first-order valence-electron chi connectivity index (χ1n) is 9.22. The van der Waals surface area contributed by atoms with Crippen LogP contribution in [0.5, 0.6) is 0 Å². The summed E-state index contributed by atoms with van der Waals surface area (Å²) in [5.41, 5.74) is 2.92. The monoisotopic (exact) mass is 443 g/mol. The Morgan fingerprint density at radius 1 is 1.03 bits per heavy atom. The summed E-state index contributed by atoms with van der Waals surface area (Å²) in [4.78, 5) is 12.6. The summed E-state index contributed by atoms with van der Waals surface area (Å²) in [5, 5.41) is 16.7. The Labute approximate surface area is 183 Å². The number of aromatic nitrogens is 6. The molecule has 0 saturated heterocycles. The molecule has 0 saturated carbocycles. The van der Waals surface area contributed by atoms with Gasteiger partial charge in [0.25, 0.3) is 5.91 Å². The summed E-state index contributed by atoms with van der Waals surface area (Å²) in [5.74, 6) is -0.107. The molecule has 154 valence electrons. The van der Waals surface area contributed by atoms with Crippen LogP contribution in [-0.4, -0.2) is 35.2 Å². The lowest BCUT2D eigenvalue weighted by molar-refractivity contribution is 0.102. The number of benzene rings is 1. The standard InChI is InChI=1S/C20H19Cl2N7O/c1-13-18(22)14(2)29(24-13)12-27-9-8-17(25-27)20(30)23-19-16(21)11-28(26-19)10-15-6-4-3-5-7-15/h3-9,11H,10,12H2,1-2H3,(H,23,26,30). The van der Waals surface area contributed by atoms with Crippen LogP contribution in [0.25, 0.3) is 0 Å². The molecule has 1 aromatic carbocycles. The van der Waals surface area contributed by atoms with Crippen molar-refractivity contribution in [1.82, 2.24) is 29.3 Å². The molecule has 1 amide bonds. The molecule has 3 aromatic heterocycles. The molecule has 0 aliphatic carbocycles. The normalized spacial score (nSPS) is 11.1. The van der Waals surface area contributed by atoms with Gasteiger partial charge in [0.1, 0.15) is 11.7 Å². The maximum atomic E-state index is 12.6. The maximum Gasteiger partial charge on any atom is 0.277 e. The van der Waals surface area contributed by atoms with E-state index in [0.717, 1.165) is 17.0 Å². The third kappa shape index (κ3) is 4.24. The average molecular weight is 444 g/mol. The largest absolute Gasteiger partial charge is 0.302 e. The van der Waals surface area contributed by atoms with Crippen LogP contribution in [0.2, 0.25) is 10.0 Å². The molecule has 4 aromatic rings. The Morgan fingerprint density at radius 2 is 1.80 bits per heavy atom. The van der Waals surface area contributed by atoms with E-state index in [4.69, 9.17) is 23.2 Å². The van der Waals surface area contributed by atoms with E-state index >= 15 is 0 Å². The Hall–Kier alpha value is -3.10. The van der Waals surface area contributed by atoms with Crippen molar-refractivity contribution in [2.24, 2.45) is 0 Å². The van der Waals surface area contributed by atoms with Gasteiger partial charge in [-0.05, 0) is 25.5 Å². The first-order chi connectivity index (χ1) is 14.4. The Bertz CT molecular complexity index is 1190. The molecule has 10 heteroatoms. The molecular formula is C20H19Cl2N7O. The molecule has 0 radical (unpaired) electrons. The van der Waals surface area contributed by atoms with Crippen molar-refractivity contribution in [1.29, 1.82) is 0 Å². The van der Waals surface area contributed by atoms with Crippen LogP contribution in [0, 0.1) is 13.8 Å². The first-order valence-corrected chi connectivity index (χ1v) is 9.97. The van der Waals surface area contributed by atoms with Crippen molar-refractivity contribution in [3.05, 3.63) is 81.5 Å². The molecule has 0 fully saturated rings. The Morgan fingerprint density at radius 3 is 2.50 bits per heavy atom. The van der Waals surface area contributed by atoms with E-state index in [1.54, 1.807) is 32.5 Å². The van der Waals surface area contributed by atoms with Gasteiger partial charge in [0.15, 0.2) is 11.5 Å². The van der Waals surface area contributed by atoms with Crippen LogP contribution < -0.4 is 5.32 Å². The van der Waals surface area contributed by atoms with Crippen LogP contribution in [0.1, 0.15) is 27.4 Å². The quantitative estimate of drug-likeness (QED) is 0.487. The number of rotatable bonds is 6. The fourth-order valence-electron chi connectivity index (χ4n) is 3.02. The lowest BCUT2D eigenvalue weighted by Crippen LogP contribution is -2.16. The molecule has 0 bridgehead atoms. The number of aryl methyl sites for hydroxylation is 1. The average Bonchev–Trinajstić information content (AvgIpc) is 3.39. The van der Waals surface area contributed by atoms with Gasteiger partial charge in [-0.15, -0.1) is 0 Å². The fourth-order valence-corrected chi connectivity index (χ4v) is 3.35. The van der Waals surface area contributed by atoms with E-state index in [9.17, 15) is 4.79 Å². The Kier molecular flexibility index (Phi) is 5.61. The lowest BCUT2D eigenvalue weighted by atomic mass is 10.2. The van der Waals surface area contributed by atoms with Crippen LogP contribution in [0.3, 0.4) is 0 Å². The van der Waals surface area contributed by atoms with Gasteiger partial charge < -0.3 is 5.32 Å². The molecule has 30 heavy (non-hydrogen) atoms. The van der Waals surface area contributed by atoms with Gasteiger partial charge in [-0.1, -0.05) is 53.5 Å². The van der Waals surface area contributed by atoms with Crippen molar-refractivity contribution < 1.29 is 4.79 Å². The number of carbonyl (C=O) groups is 1. The van der Waals surface area contributed by atoms with Gasteiger partial charge in [-0.25, -0.2) is 4.68 Å². The van der Waals surface area contributed by atoms with Gasteiger partial charge in [-0.3, -0.25) is 14.2 Å². The number of anilines is 1. The minimum atomic E-state index is -0.396. The summed E-state index contributed by atoms with van der Waals surface area (Å²) >= 11 is 12.4. The van der Waals surface area contributed by atoms with E-state index in [1.807, 2.05) is 44.2 Å². The minimum Gasteiger partial charge on any atom is -0.302 e. The third-order valence-corrected chi connectivity index (χ3v) is 5.41. The number of carbonyl (C=O) groups excluding carboxylic acids is 1. The first kappa shape index (κ1) is 20.2. The smallest absolute Gasteiger partial charge is 0.277 e. The predicted octanol–water partition coefficient (Wildman–Crippen LogP) is 4.01. The van der Waals surface area contributed by atoms with Crippen LogP contribution >= 0.6 is 23.2 Å². The second-order valence-electron chi connectivity index (χ2n) is 6.83. The van der Waals surface area contributed by atoms with Crippen molar-refractivity contribution in [3.8, 4) is 0 Å². The molecule has 0 atom stereocenters. The molecule has 1 N–H and O–H groups in total. The number of hydrogen-bond acceptors (Lipinski definition) is 4. The third-order valence-electron chi connectivity index (χ3n) is 4.58. The molecule has 0 aliphatic rings. The number of halogens is 2. The van der Waals surface area contributed by atoms with Gasteiger partial charge in [0.2, 0.25) is 0 Å². The highest BCUT2D eigenvalue weighted by molar-refractivity contribution is 6.33. The highest BCUT2D eigenvalue weighted by Crippen LogP contribution is 2.21. The molecule has 0 aliphatic heterocycles. The number of nitrogens with zero attached hydrogens (tertiary/aromatic N) is 6. The van der Waals surface area contributed by atoms with Crippen LogP contribution in [0.4, 0.5) is 5.82 Å². The summed E-state index contributed by atoms with van der Waals surface area (Å²) in [6.07, 6.45) is 3.38. The molecule has 0 unspecified atom stereocenters. The topological polar surface area (TPSA) is 82.6 Å². The van der Waals surface area contributed by atoms with Crippen LogP contribution in [0.15, 0.2) is 48.8 Å². The highest BCUT2D eigenvalue weighted by Gasteiger charge is 2.16. The van der Waals surface area contributed by atoms with Gasteiger partial charge in [-0.2, -0.15) is 15.3 Å². The lowest BCUT2D eigenvalue weighted by Gasteiger charge is -2.04. The van der Waals surface area contributed by atoms with E-state index in [2.05, 4.69) is 20.6 Å². The number of nitrogens with one attached hydrogen (secondary N) is 1. The van der Waals surface area contributed by atoms with Crippen molar-refractivity contribution in [3.63, 3.8) is 0 Å². The van der Waals surface area contributed by atoms with Crippen molar-refractivity contribution in [2.75, 3.05) is 5.32 Å². The zero-order valence-corrected chi connectivity index (χ0v) is 17.9. The molecule has 0 spiro atoms. The van der Waals surface area contributed by atoms with Gasteiger partial charge in [0, 0.05) is 12.4 Å². The van der Waals surface area contributed by atoms with E-state index < -0.39 is 5.91 Å². The summed E-state index contributed by atoms with van der Waals surface area (Å²) in [7, 11) is 0. The minimum absolute atomic E-state index is 0.247. The van der Waals surface area contributed by atoms with Crippen LogP contribution in [-0.2, 0) is 13.2 Å². The van der Waals surface area contributed by atoms with E-state index in [-0.39, 0.29) is 11.5 Å². The second kappa shape index (κ2) is 8.33.